The molecule has 4 heteroatoms. The highest BCUT2D eigenvalue weighted by atomic mass is 127. The van der Waals surface area contributed by atoms with Crippen molar-refractivity contribution in [2.24, 2.45) is 0 Å². The first-order valence-electron chi connectivity index (χ1n) is 2.93. The minimum absolute atomic E-state index is 0.703. The molecule has 0 aromatic heterocycles. The summed E-state index contributed by atoms with van der Waals surface area (Å²) in [6.07, 6.45) is 0. The largest absolute Gasteiger partial charge is 0.496 e. The summed E-state index contributed by atoms with van der Waals surface area (Å²) in [6, 6.07) is 3.65. The van der Waals surface area contributed by atoms with Crippen molar-refractivity contribution < 1.29 is 4.74 Å². The Labute approximate surface area is 87.4 Å². The van der Waals surface area contributed by atoms with Gasteiger partial charge in [0.25, 0.3) is 0 Å². The van der Waals surface area contributed by atoms with Crippen molar-refractivity contribution in [3.8, 4) is 5.75 Å². The van der Waals surface area contributed by atoms with Gasteiger partial charge < -0.3 is 10.5 Å². The molecule has 0 unspecified atom stereocenters. The van der Waals surface area contributed by atoms with Crippen LogP contribution in [0, 0.1) is 3.57 Å². The molecule has 0 aliphatic carbocycles. The summed E-state index contributed by atoms with van der Waals surface area (Å²) in [7, 11) is 1.63. The van der Waals surface area contributed by atoms with E-state index in [1.807, 2.05) is 6.07 Å². The highest BCUT2D eigenvalue weighted by molar-refractivity contribution is 14.1. The highest BCUT2D eigenvalue weighted by Gasteiger charge is 2.04. The first-order valence-corrected chi connectivity index (χ1v) is 4.81. The van der Waals surface area contributed by atoms with Crippen molar-refractivity contribution in [1.29, 1.82) is 0 Å². The van der Waals surface area contributed by atoms with Crippen LogP contribution in [0.25, 0.3) is 0 Å². The molecule has 2 nitrogen and oxygen atoms in total. The van der Waals surface area contributed by atoms with Gasteiger partial charge in [0.2, 0.25) is 0 Å². The van der Waals surface area contributed by atoms with Gasteiger partial charge in [-0.25, -0.2) is 0 Å². The Kier molecular flexibility index (Phi) is 3.00. The fourth-order valence-electron chi connectivity index (χ4n) is 0.732. The lowest BCUT2D eigenvalue weighted by Gasteiger charge is -2.05. The molecule has 1 rings (SSSR count). The maximum absolute atomic E-state index is 5.59. The van der Waals surface area contributed by atoms with Crippen molar-refractivity contribution in [3.05, 3.63) is 20.2 Å². The fraction of sp³-hybridized carbons (Fsp3) is 0.143. The fourth-order valence-corrected chi connectivity index (χ4v) is 1.72. The van der Waals surface area contributed by atoms with Crippen LogP contribution in [0.4, 0.5) is 5.69 Å². The Morgan fingerprint density at radius 2 is 2.18 bits per heavy atom. The van der Waals surface area contributed by atoms with Crippen molar-refractivity contribution in [3.63, 3.8) is 0 Å². The number of ether oxygens (including phenoxy) is 1. The molecule has 0 aliphatic heterocycles. The van der Waals surface area contributed by atoms with E-state index in [4.69, 9.17) is 10.5 Å². The second-order valence-corrected chi connectivity index (χ2v) is 3.95. The zero-order valence-corrected chi connectivity index (χ0v) is 9.64. The second kappa shape index (κ2) is 3.62. The van der Waals surface area contributed by atoms with Crippen molar-refractivity contribution >= 4 is 44.2 Å². The summed E-state index contributed by atoms with van der Waals surface area (Å²) in [6.45, 7) is 0. The van der Waals surface area contributed by atoms with E-state index < -0.39 is 0 Å². The average Bonchev–Trinajstić information content (AvgIpc) is 1.96. The molecule has 0 atom stereocenters. The molecule has 0 spiro atoms. The Hall–Kier alpha value is 0.0300. The molecule has 0 heterocycles. The van der Waals surface area contributed by atoms with Gasteiger partial charge in [0.15, 0.2) is 0 Å². The number of nitrogens with two attached hydrogens (primary N) is 1. The monoisotopic (exact) mass is 327 g/mol. The Bertz CT molecular complexity index is 277. The highest BCUT2D eigenvalue weighted by Crippen LogP contribution is 2.30. The van der Waals surface area contributed by atoms with E-state index in [0.717, 1.165) is 13.8 Å². The number of benzene rings is 1. The molecular formula is C7H7BrINO. The van der Waals surface area contributed by atoms with Crippen LogP contribution in [0.2, 0.25) is 0 Å². The van der Waals surface area contributed by atoms with Crippen molar-refractivity contribution in [2.75, 3.05) is 12.8 Å². The predicted molar refractivity (Wildman–Crippen MR) is 57.8 cm³/mol. The van der Waals surface area contributed by atoms with E-state index in [1.165, 1.54) is 0 Å². The van der Waals surface area contributed by atoms with Gasteiger partial charge in [-0.1, -0.05) is 0 Å². The van der Waals surface area contributed by atoms with E-state index in [0.29, 0.717) is 5.69 Å². The minimum atomic E-state index is 0.703. The van der Waals surface area contributed by atoms with Crippen LogP contribution in [0.15, 0.2) is 16.6 Å². The summed E-state index contributed by atoms with van der Waals surface area (Å²) < 4.78 is 7.10. The predicted octanol–water partition coefficient (Wildman–Crippen LogP) is 2.64. The number of methoxy groups -OCH3 is 1. The molecular weight excluding hydrogens is 321 g/mol. The van der Waals surface area contributed by atoms with Gasteiger partial charge in [0.05, 0.1) is 10.7 Å². The van der Waals surface area contributed by atoms with E-state index in [9.17, 15) is 0 Å². The van der Waals surface area contributed by atoms with Gasteiger partial charge in [0.1, 0.15) is 5.75 Å². The van der Waals surface area contributed by atoms with Crippen LogP contribution >= 0.6 is 38.5 Å². The van der Waals surface area contributed by atoms with E-state index in [2.05, 4.69) is 38.5 Å². The number of nitrogen functional groups attached to an aromatic ring is 1. The first-order chi connectivity index (χ1) is 5.15. The standard InChI is InChI=1S/C7H7BrINO/c1-11-6-3-4(10)2-5(8)7(6)9/h2-3H,10H2,1H3. The van der Waals surface area contributed by atoms with Crippen LogP contribution in [-0.2, 0) is 0 Å². The summed E-state index contributed by atoms with van der Waals surface area (Å²) in [5, 5.41) is 0. The average molecular weight is 328 g/mol. The van der Waals surface area contributed by atoms with Crippen LogP contribution < -0.4 is 10.5 Å². The Balaban J connectivity index is 3.24. The third kappa shape index (κ3) is 1.99. The van der Waals surface area contributed by atoms with Crippen LogP contribution in [-0.4, -0.2) is 7.11 Å². The molecule has 0 amide bonds. The van der Waals surface area contributed by atoms with E-state index in [-0.39, 0.29) is 0 Å². The first kappa shape index (κ1) is 9.12. The maximum Gasteiger partial charge on any atom is 0.135 e. The molecule has 0 fully saturated rings. The molecule has 0 radical (unpaired) electrons. The molecule has 1 aromatic rings. The van der Waals surface area contributed by atoms with Crippen LogP contribution in [0.1, 0.15) is 0 Å². The van der Waals surface area contributed by atoms with Gasteiger partial charge in [-0.15, -0.1) is 0 Å². The maximum atomic E-state index is 5.59. The van der Waals surface area contributed by atoms with Crippen LogP contribution in [0.3, 0.4) is 0 Å². The summed E-state index contributed by atoms with van der Waals surface area (Å²) in [5.41, 5.74) is 6.29. The Morgan fingerprint density at radius 1 is 1.55 bits per heavy atom. The summed E-state index contributed by atoms with van der Waals surface area (Å²) in [4.78, 5) is 0. The molecule has 0 saturated heterocycles. The van der Waals surface area contributed by atoms with Crippen LogP contribution in [0.5, 0.6) is 5.75 Å². The zero-order valence-electron chi connectivity index (χ0n) is 5.90. The Morgan fingerprint density at radius 3 is 2.73 bits per heavy atom. The summed E-state index contributed by atoms with van der Waals surface area (Å²) >= 11 is 5.56. The van der Waals surface area contributed by atoms with Gasteiger partial charge in [-0.05, 0) is 44.6 Å². The SMILES string of the molecule is COc1cc(N)cc(Br)c1I. The number of halogens is 2. The van der Waals surface area contributed by atoms with Gasteiger partial charge >= 0.3 is 0 Å². The number of hydrogen-bond donors (Lipinski definition) is 1. The second-order valence-electron chi connectivity index (χ2n) is 2.02. The molecule has 0 bridgehead atoms. The lowest BCUT2D eigenvalue weighted by Crippen LogP contribution is -1.91. The topological polar surface area (TPSA) is 35.2 Å². The zero-order chi connectivity index (χ0) is 8.43. The van der Waals surface area contributed by atoms with Crippen molar-refractivity contribution in [1.82, 2.24) is 0 Å². The normalized spacial score (nSPS) is 9.73. The van der Waals surface area contributed by atoms with E-state index >= 15 is 0 Å². The lowest BCUT2D eigenvalue weighted by atomic mass is 10.3. The number of anilines is 1. The molecule has 11 heavy (non-hydrogen) atoms. The van der Waals surface area contributed by atoms with Gasteiger partial charge in [-0.3, -0.25) is 0 Å². The third-order valence-corrected chi connectivity index (χ3v) is 3.72. The molecule has 1 aromatic carbocycles. The van der Waals surface area contributed by atoms with Crippen molar-refractivity contribution in [2.45, 2.75) is 0 Å². The molecule has 2 N–H and O–H groups in total. The lowest BCUT2D eigenvalue weighted by molar-refractivity contribution is 0.411. The van der Waals surface area contributed by atoms with E-state index in [1.54, 1.807) is 13.2 Å². The third-order valence-electron chi connectivity index (χ3n) is 1.24. The summed E-state index contributed by atoms with van der Waals surface area (Å²) in [5.74, 6) is 0.803. The molecule has 60 valence electrons. The quantitative estimate of drug-likeness (QED) is 0.635. The van der Waals surface area contributed by atoms with Gasteiger partial charge in [0, 0.05) is 16.2 Å². The number of rotatable bonds is 1. The van der Waals surface area contributed by atoms with Gasteiger partial charge in [-0.2, -0.15) is 0 Å². The molecule has 0 aliphatic rings. The number of hydrogen-bond acceptors (Lipinski definition) is 2. The molecule has 0 saturated carbocycles. The minimum Gasteiger partial charge on any atom is -0.496 e. The smallest absolute Gasteiger partial charge is 0.135 e.